The third kappa shape index (κ3) is 14.5. The highest BCUT2D eigenvalue weighted by Gasteiger charge is 2.27. The predicted molar refractivity (Wildman–Crippen MR) is 598 cm³/mol. The zero-order valence-corrected chi connectivity index (χ0v) is 78.1. The van der Waals surface area contributed by atoms with Gasteiger partial charge in [0, 0.05) is 144 Å². The second kappa shape index (κ2) is 35.5. The molecule has 0 saturated heterocycles. The summed E-state index contributed by atoms with van der Waals surface area (Å²) in [5.74, 6) is 0.605. The molecule has 11 nitrogen and oxygen atoms in total. The molecule has 29 aromatic rings. The smallest absolute Gasteiger partial charge is 0.234 e. The first kappa shape index (κ1) is 83.8. The Morgan fingerprint density at radius 3 is 0.562 bits per heavy atom. The number of rotatable bonds is 14. The van der Waals surface area contributed by atoms with E-state index in [0.717, 1.165) is 151 Å². The highest BCUT2D eigenvalue weighted by molar-refractivity contribution is 6.18. The molecule has 144 heavy (non-hydrogen) atoms. The van der Waals surface area contributed by atoms with Gasteiger partial charge in [-0.25, -0.2) is 24.9 Å². The summed E-state index contributed by atoms with van der Waals surface area (Å²) in [6.45, 7) is 0. The van der Waals surface area contributed by atoms with Crippen molar-refractivity contribution in [1.82, 2.24) is 52.3 Å². The Hall–Kier alpha value is -19.5. The van der Waals surface area contributed by atoms with Gasteiger partial charge in [0.05, 0.1) is 100 Å². The minimum Gasteiger partial charge on any atom is -0.309 e. The van der Waals surface area contributed by atoms with Crippen LogP contribution in [0.4, 0.5) is 0 Å². The molecule has 0 amide bonds. The lowest BCUT2D eigenvalue weighted by Crippen LogP contribution is -2.03. The summed E-state index contributed by atoms with van der Waals surface area (Å²) < 4.78 is 14.0. The molecule has 0 aliphatic heterocycles. The maximum atomic E-state index is 5.33. The number of pyridine rings is 3. The Labute approximate surface area is 829 Å². The second-order valence-electron chi connectivity index (χ2n) is 36.5. The fourth-order valence-corrected chi connectivity index (χ4v) is 21.7. The highest BCUT2D eigenvalue weighted by Crippen LogP contribution is 2.46. The van der Waals surface area contributed by atoms with Gasteiger partial charge in [-0.3, -0.25) is 4.57 Å². The fraction of sp³-hybridized carbons (Fsp3) is 0. The molecule has 0 bridgehead atoms. The fourth-order valence-electron chi connectivity index (χ4n) is 21.7. The Bertz CT molecular complexity index is 9390. The molecule has 29 rings (SSSR count). The third-order valence-corrected chi connectivity index (χ3v) is 28.3. The van der Waals surface area contributed by atoms with Crippen molar-refractivity contribution in [1.29, 1.82) is 0 Å². The Morgan fingerprint density at radius 1 is 0.132 bits per heavy atom. The van der Waals surface area contributed by atoms with Crippen molar-refractivity contribution >= 4 is 131 Å². The van der Waals surface area contributed by atoms with Crippen molar-refractivity contribution < 1.29 is 0 Å². The monoisotopic (exact) mass is 1840 g/mol. The van der Waals surface area contributed by atoms with Crippen LogP contribution in [0.3, 0.4) is 0 Å². The van der Waals surface area contributed by atoms with Crippen molar-refractivity contribution in [3.8, 4) is 124 Å². The Kier molecular flexibility index (Phi) is 20.7. The van der Waals surface area contributed by atoms with Gasteiger partial charge < -0.3 is 22.8 Å². The molecule has 0 atom stereocenters. The molecule has 19 aromatic carbocycles. The van der Waals surface area contributed by atoms with Gasteiger partial charge in [-0.15, -0.1) is 0 Å². The average molecular weight is 1840 g/mol. The molecule has 674 valence electrons. The summed E-state index contributed by atoms with van der Waals surface area (Å²) in [4.78, 5) is 25.9. The van der Waals surface area contributed by atoms with Crippen molar-refractivity contribution in [3.05, 3.63) is 528 Å². The van der Waals surface area contributed by atoms with Gasteiger partial charge in [-0.05, 0) is 150 Å². The van der Waals surface area contributed by atoms with Crippen LogP contribution < -0.4 is 0 Å². The van der Waals surface area contributed by atoms with Crippen LogP contribution >= 0.6 is 0 Å². The maximum Gasteiger partial charge on any atom is 0.234 e. The lowest BCUT2D eigenvalue weighted by molar-refractivity contribution is 0.988. The van der Waals surface area contributed by atoms with Crippen LogP contribution in [0.5, 0.6) is 0 Å². The molecule has 0 aliphatic carbocycles. The largest absolute Gasteiger partial charge is 0.309 e. The summed E-state index contributed by atoms with van der Waals surface area (Å²) in [5, 5.41) is 14.6. The van der Waals surface area contributed by atoms with E-state index < -0.39 is 0 Å². The summed E-state index contributed by atoms with van der Waals surface area (Å²) in [7, 11) is 0. The van der Waals surface area contributed by atoms with E-state index in [1.807, 2.05) is 24.5 Å². The quantitative estimate of drug-likeness (QED) is 0.108. The molecule has 0 N–H and O–H groups in total. The molecular formula is C133H87N11. The lowest BCUT2D eigenvalue weighted by Gasteiger charge is -2.14. The van der Waals surface area contributed by atoms with Gasteiger partial charge in [0.15, 0.2) is 0 Å². The number of benzene rings is 19. The molecular weight excluding hydrogens is 1750 g/mol. The first-order chi connectivity index (χ1) is 71.5. The minimum atomic E-state index is 0.605. The molecule has 10 heterocycles. The maximum absolute atomic E-state index is 5.33. The zero-order chi connectivity index (χ0) is 95.1. The summed E-state index contributed by atoms with van der Waals surface area (Å²) in [5.41, 5.74) is 36.1. The Morgan fingerprint density at radius 2 is 0.312 bits per heavy atom. The Balaban J connectivity index is 0.000000108. The molecule has 0 aliphatic rings. The van der Waals surface area contributed by atoms with Crippen molar-refractivity contribution in [2.75, 3.05) is 0 Å². The first-order valence-corrected chi connectivity index (χ1v) is 48.8. The lowest BCUT2D eigenvalue weighted by atomic mass is 10.0. The average Bonchev–Trinajstić information content (AvgIpc) is 1.58. The topological polar surface area (TPSA) is 94.0 Å². The molecule has 0 unspecified atom stereocenters. The van der Waals surface area contributed by atoms with E-state index in [1.165, 1.54) is 98.1 Å². The second-order valence-corrected chi connectivity index (χ2v) is 36.5. The predicted octanol–water partition coefficient (Wildman–Crippen LogP) is 34.0. The zero-order valence-electron chi connectivity index (χ0n) is 78.1. The first-order valence-electron chi connectivity index (χ1n) is 48.8. The van der Waals surface area contributed by atoms with Gasteiger partial charge in [0.25, 0.3) is 0 Å². The summed E-state index contributed by atoms with van der Waals surface area (Å²) >= 11 is 0. The van der Waals surface area contributed by atoms with Crippen molar-refractivity contribution in [3.63, 3.8) is 0 Å². The van der Waals surface area contributed by atoms with Gasteiger partial charge >= 0.3 is 0 Å². The number of hydrogen-bond acceptors (Lipinski definition) is 5. The van der Waals surface area contributed by atoms with E-state index in [1.54, 1.807) is 0 Å². The van der Waals surface area contributed by atoms with E-state index in [-0.39, 0.29) is 0 Å². The molecule has 11 heteroatoms. The van der Waals surface area contributed by atoms with E-state index in [2.05, 4.69) is 531 Å². The molecule has 0 fully saturated rings. The van der Waals surface area contributed by atoms with Crippen LogP contribution in [0.1, 0.15) is 0 Å². The van der Waals surface area contributed by atoms with Crippen molar-refractivity contribution in [2.45, 2.75) is 0 Å². The van der Waals surface area contributed by atoms with E-state index in [0.29, 0.717) is 5.95 Å². The highest BCUT2D eigenvalue weighted by atomic mass is 15.2. The number of para-hydroxylation sites is 9. The van der Waals surface area contributed by atoms with Crippen LogP contribution in [0, 0.1) is 0 Å². The molecule has 0 spiro atoms. The van der Waals surface area contributed by atoms with Crippen molar-refractivity contribution in [2.24, 2.45) is 0 Å². The van der Waals surface area contributed by atoms with Gasteiger partial charge in [0.2, 0.25) is 5.95 Å². The van der Waals surface area contributed by atoms with E-state index in [4.69, 9.17) is 24.9 Å². The summed E-state index contributed by atoms with van der Waals surface area (Å²) in [6.07, 6.45) is 3.85. The van der Waals surface area contributed by atoms with Crippen LogP contribution in [-0.2, 0) is 0 Å². The minimum absolute atomic E-state index is 0.605. The third-order valence-electron chi connectivity index (χ3n) is 28.3. The van der Waals surface area contributed by atoms with Crippen LogP contribution in [-0.4, -0.2) is 52.3 Å². The van der Waals surface area contributed by atoms with E-state index in [9.17, 15) is 0 Å². The van der Waals surface area contributed by atoms with Gasteiger partial charge in [-0.1, -0.05) is 382 Å². The van der Waals surface area contributed by atoms with E-state index >= 15 is 0 Å². The molecule has 0 saturated carbocycles. The van der Waals surface area contributed by atoms with Crippen LogP contribution in [0.15, 0.2) is 528 Å². The van der Waals surface area contributed by atoms with Gasteiger partial charge in [-0.2, -0.15) is 0 Å². The number of hydrogen-bond donors (Lipinski definition) is 0. The molecule has 0 radical (unpaired) electrons. The van der Waals surface area contributed by atoms with Gasteiger partial charge in [0.1, 0.15) is 0 Å². The molecule has 10 aromatic heterocycles. The van der Waals surface area contributed by atoms with Crippen LogP contribution in [0.2, 0.25) is 0 Å². The normalized spacial score (nSPS) is 11.6. The van der Waals surface area contributed by atoms with Crippen LogP contribution in [0.25, 0.3) is 255 Å². The summed E-state index contributed by atoms with van der Waals surface area (Å²) in [6, 6.07) is 183. The number of nitrogens with zero attached hydrogens (tertiary/aromatic N) is 11. The standard InChI is InChI=1S/C47H31N3.C45H29N5.C41H27N3/c1-3-13-34(14-4-1)42-31-41-40-19-9-12-22-45(40)50(47(41)46(48-42)35-15-5-2-6-16-35)37-29-25-33(26-30-37)32-23-27-36(28-24-32)49-43-20-10-7-17-38(43)39-18-8-11-21-44(39)49;1-3-13-31(14-4-1)39-27-38-37-19-9-12-22-42(37)50(44(38)43(48-39)32-15-5-2-6-16-32)45-46-28-33(29-47-45)30-23-25-34(26-24-30)49-40-20-10-7-17-35(40)36-18-8-11-21-41(36)49;1-3-13-28(14-4-1)36-27-35-34-19-9-12-22-39(34)44(41(35)40(42-36)29-15-5-2-6-16-29)31-25-23-30(24-26-31)43-37-20-10-7-17-32(37)33-18-8-11-21-38(33)43/h1-31H;1-29H;1-27H. The number of aromatic nitrogens is 11. The SMILES string of the molecule is c1ccc(-c2cc3c4ccccc4n(-c4ccc(-c5ccc(-n6c7ccccc7c7ccccc76)cc5)cc4)c3c(-c3ccccc3)n2)cc1.c1ccc(-c2cc3c4ccccc4n(-c4ccc(-n5c6ccccc6c6ccccc65)cc4)c3c(-c3ccccc3)n2)cc1.c1ccc(-c2cc3c4ccccc4n(-c4ncc(-c5ccc(-n6c7ccccc7c7ccccc76)cc5)cn4)c3c(-c3ccccc3)n2)cc1. The number of fused-ring (bicyclic) bond motifs is 18.